The molecule has 1 aromatic carbocycles. The highest BCUT2D eigenvalue weighted by molar-refractivity contribution is 5.92. The van der Waals surface area contributed by atoms with Gasteiger partial charge in [-0.25, -0.2) is 14.8 Å². The maximum Gasteiger partial charge on any atom is 0.339 e. The van der Waals surface area contributed by atoms with Crippen LogP contribution in [-0.2, 0) is 0 Å². The maximum atomic E-state index is 11.5. The van der Waals surface area contributed by atoms with Crippen LogP contribution in [0.3, 0.4) is 0 Å². The second-order valence-corrected chi connectivity index (χ2v) is 6.29. The molecule has 0 bridgehead atoms. The summed E-state index contributed by atoms with van der Waals surface area (Å²) in [5.74, 6) is -0.261. The van der Waals surface area contributed by atoms with Gasteiger partial charge in [0.15, 0.2) is 0 Å². The number of carboxylic acid groups (broad SMARTS) is 1. The highest BCUT2D eigenvalue weighted by Crippen LogP contribution is 2.27. The van der Waals surface area contributed by atoms with E-state index in [-0.39, 0.29) is 11.6 Å². The zero-order valence-electron chi connectivity index (χ0n) is 16.0. The van der Waals surface area contributed by atoms with Gasteiger partial charge >= 0.3 is 5.97 Å². The first-order chi connectivity index (χ1) is 13.5. The van der Waals surface area contributed by atoms with E-state index in [0.717, 1.165) is 11.3 Å². The molecule has 0 unspecified atom stereocenters. The lowest BCUT2D eigenvalue weighted by molar-refractivity contribution is 0.0692. The van der Waals surface area contributed by atoms with Crippen LogP contribution >= 0.6 is 0 Å². The average molecular weight is 378 g/mol. The van der Waals surface area contributed by atoms with Crippen LogP contribution in [-0.4, -0.2) is 32.6 Å². The SMILES string of the molecule is CCOc1ccc(-c2ccnc(N[C@@H](C)c3ncccc3C)n2)cc1C(=O)O. The van der Waals surface area contributed by atoms with Crippen molar-refractivity contribution in [3.63, 3.8) is 0 Å². The number of aromatic carboxylic acids is 1. The van der Waals surface area contributed by atoms with E-state index >= 15 is 0 Å². The molecule has 144 valence electrons. The van der Waals surface area contributed by atoms with Crippen molar-refractivity contribution < 1.29 is 14.6 Å². The van der Waals surface area contributed by atoms with Crippen molar-refractivity contribution >= 4 is 11.9 Å². The third kappa shape index (κ3) is 4.25. The Kier molecular flexibility index (Phi) is 5.84. The summed E-state index contributed by atoms with van der Waals surface area (Å²) in [6.45, 7) is 6.20. The van der Waals surface area contributed by atoms with E-state index in [2.05, 4.69) is 20.3 Å². The Morgan fingerprint density at radius 3 is 2.75 bits per heavy atom. The van der Waals surface area contributed by atoms with Gasteiger partial charge in [-0.1, -0.05) is 6.07 Å². The molecule has 3 aromatic rings. The Balaban J connectivity index is 1.88. The van der Waals surface area contributed by atoms with Gasteiger partial charge in [0.25, 0.3) is 0 Å². The fourth-order valence-electron chi connectivity index (χ4n) is 2.94. The normalized spacial score (nSPS) is 11.7. The molecule has 0 spiro atoms. The number of rotatable bonds is 7. The Labute approximate surface area is 163 Å². The first-order valence-electron chi connectivity index (χ1n) is 9.01. The summed E-state index contributed by atoms with van der Waals surface area (Å²) in [6, 6.07) is 10.6. The number of anilines is 1. The van der Waals surface area contributed by atoms with Gasteiger partial charge in [0.05, 0.1) is 24.0 Å². The number of carbonyl (C=O) groups is 1. The molecule has 7 heteroatoms. The van der Waals surface area contributed by atoms with Gasteiger partial charge in [-0.2, -0.15) is 0 Å². The molecule has 7 nitrogen and oxygen atoms in total. The molecule has 3 rings (SSSR count). The van der Waals surface area contributed by atoms with Crippen LogP contribution in [0.25, 0.3) is 11.3 Å². The van der Waals surface area contributed by atoms with Gasteiger partial charge < -0.3 is 15.2 Å². The van der Waals surface area contributed by atoms with Gasteiger partial charge in [-0.05, 0) is 56.7 Å². The van der Waals surface area contributed by atoms with E-state index in [1.165, 1.54) is 0 Å². The quantitative estimate of drug-likeness (QED) is 0.638. The second-order valence-electron chi connectivity index (χ2n) is 6.29. The van der Waals surface area contributed by atoms with Crippen molar-refractivity contribution in [1.29, 1.82) is 0 Å². The van der Waals surface area contributed by atoms with Crippen LogP contribution in [0, 0.1) is 6.92 Å². The molecular formula is C21H22N4O3. The molecule has 2 heterocycles. The molecule has 0 aliphatic carbocycles. The minimum Gasteiger partial charge on any atom is -0.493 e. The molecule has 2 aromatic heterocycles. The van der Waals surface area contributed by atoms with Crippen molar-refractivity contribution in [3.8, 4) is 17.0 Å². The first-order valence-corrected chi connectivity index (χ1v) is 9.01. The molecule has 0 amide bonds. The predicted octanol–water partition coefficient (Wildman–Crippen LogP) is 4.12. The largest absolute Gasteiger partial charge is 0.493 e. The summed E-state index contributed by atoms with van der Waals surface area (Å²) < 4.78 is 5.39. The highest BCUT2D eigenvalue weighted by Gasteiger charge is 2.15. The number of hydrogen-bond donors (Lipinski definition) is 2. The van der Waals surface area contributed by atoms with Crippen LogP contribution in [0.5, 0.6) is 5.75 Å². The Hall–Kier alpha value is -3.48. The monoisotopic (exact) mass is 378 g/mol. The molecule has 0 aliphatic heterocycles. The number of carboxylic acids is 1. The molecule has 0 saturated heterocycles. The zero-order valence-corrected chi connectivity index (χ0v) is 16.0. The van der Waals surface area contributed by atoms with E-state index in [9.17, 15) is 9.90 Å². The molecule has 1 atom stereocenters. The molecule has 0 fully saturated rings. The van der Waals surface area contributed by atoms with Crippen molar-refractivity contribution in [3.05, 3.63) is 65.6 Å². The van der Waals surface area contributed by atoms with E-state index in [0.29, 0.717) is 29.6 Å². The van der Waals surface area contributed by atoms with Crippen LogP contribution in [0.15, 0.2) is 48.8 Å². The number of pyridine rings is 1. The summed E-state index contributed by atoms with van der Waals surface area (Å²) in [4.78, 5) is 24.8. The molecule has 0 radical (unpaired) electrons. The van der Waals surface area contributed by atoms with Gasteiger partial charge in [0.2, 0.25) is 5.95 Å². The zero-order chi connectivity index (χ0) is 20.1. The molecule has 2 N–H and O–H groups in total. The maximum absolute atomic E-state index is 11.5. The Bertz CT molecular complexity index is 991. The summed E-state index contributed by atoms with van der Waals surface area (Å²) in [7, 11) is 0. The fraction of sp³-hybridized carbons (Fsp3) is 0.238. The molecule has 28 heavy (non-hydrogen) atoms. The van der Waals surface area contributed by atoms with Crippen molar-refractivity contribution in [1.82, 2.24) is 15.0 Å². The number of benzene rings is 1. The third-order valence-corrected chi connectivity index (χ3v) is 4.27. The van der Waals surface area contributed by atoms with Crippen molar-refractivity contribution in [2.24, 2.45) is 0 Å². The van der Waals surface area contributed by atoms with Crippen molar-refractivity contribution in [2.75, 3.05) is 11.9 Å². The lowest BCUT2D eigenvalue weighted by atomic mass is 10.1. The van der Waals surface area contributed by atoms with Gasteiger partial charge in [-0.3, -0.25) is 4.98 Å². The standard InChI is InChI=1S/C21H22N4O3/c1-4-28-18-8-7-15(12-16(18)20(26)27)17-9-11-23-21(25-17)24-14(3)19-13(2)6-5-10-22-19/h5-12,14H,4H2,1-3H3,(H,26,27)(H,23,24,25)/t14-/m0/s1. The molecule has 0 saturated carbocycles. The molecular weight excluding hydrogens is 356 g/mol. The summed E-state index contributed by atoms with van der Waals surface area (Å²) in [5, 5.41) is 12.7. The van der Waals surface area contributed by atoms with E-state index < -0.39 is 5.97 Å². The van der Waals surface area contributed by atoms with Crippen LogP contribution in [0.2, 0.25) is 0 Å². The lowest BCUT2D eigenvalue weighted by Crippen LogP contribution is -2.12. The first kappa shape index (κ1) is 19.3. The fourth-order valence-corrected chi connectivity index (χ4v) is 2.94. The molecule has 0 aliphatic rings. The minimum atomic E-state index is -1.04. The van der Waals surface area contributed by atoms with Crippen LogP contribution < -0.4 is 10.1 Å². The number of hydrogen-bond acceptors (Lipinski definition) is 6. The highest BCUT2D eigenvalue weighted by atomic mass is 16.5. The smallest absolute Gasteiger partial charge is 0.339 e. The van der Waals surface area contributed by atoms with E-state index in [1.54, 1.807) is 36.7 Å². The number of nitrogens with zero attached hydrogens (tertiary/aromatic N) is 3. The van der Waals surface area contributed by atoms with E-state index in [4.69, 9.17) is 4.74 Å². The Morgan fingerprint density at radius 1 is 1.21 bits per heavy atom. The summed E-state index contributed by atoms with van der Waals surface area (Å²) >= 11 is 0. The number of nitrogens with one attached hydrogen (secondary N) is 1. The van der Waals surface area contributed by atoms with Crippen molar-refractivity contribution in [2.45, 2.75) is 26.8 Å². The third-order valence-electron chi connectivity index (χ3n) is 4.27. The summed E-state index contributed by atoms with van der Waals surface area (Å²) in [6.07, 6.45) is 3.39. The van der Waals surface area contributed by atoms with Gasteiger partial charge in [0.1, 0.15) is 11.3 Å². The van der Waals surface area contributed by atoms with Crippen LogP contribution in [0.4, 0.5) is 5.95 Å². The van der Waals surface area contributed by atoms with Gasteiger partial charge in [-0.15, -0.1) is 0 Å². The number of aryl methyl sites for hydroxylation is 1. The summed E-state index contributed by atoms with van der Waals surface area (Å²) in [5.41, 5.74) is 3.40. The lowest BCUT2D eigenvalue weighted by Gasteiger charge is -2.16. The van der Waals surface area contributed by atoms with E-state index in [1.807, 2.05) is 32.9 Å². The average Bonchev–Trinajstić information content (AvgIpc) is 2.69. The predicted molar refractivity (Wildman–Crippen MR) is 107 cm³/mol. The topological polar surface area (TPSA) is 97.2 Å². The Morgan fingerprint density at radius 2 is 2.04 bits per heavy atom. The minimum absolute atomic E-state index is 0.0774. The van der Waals surface area contributed by atoms with Gasteiger partial charge in [0, 0.05) is 18.0 Å². The van der Waals surface area contributed by atoms with Crippen LogP contribution in [0.1, 0.15) is 41.5 Å². The second kappa shape index (κ2) is 8.47. The number of aromatic nitrogens is 3. The number of ether oxygens (including phenoxy) is 1.